The van der Waals surface area contributed by atoms with Crippen LogP contribution in [-0.4, -0.2) is 60.3 Å². The molecule has 1 aromatic carbocycles. The summed E-state index contributed by atoms with van der Waals surface area (Å²) in [5, 5.41) is 0. The molecule has 1 atom stereocenters. The fourth-order valence-electron chi connectivity index (χ4n) is 3.08. The lowest BCUT2D eigenvalue weighted by Gasteiger charge is -2.23. The zero-order valence-corrected chi connectivity index (χ0v) is 14.4. The average molecular weight is 357 g/mol. The second kappa shape index (κ2) is 7.07. The summed E-state index contributed by atoms with van der Waals surface area (Å²) in [6, 6.07) is 5.37. The molecule has 2 aromatic rings. The molecule has 0 saturated carbocycles. The van der Waals surface area contributed by atoms with Crippen LogP contribution in [0.25, 0.3) is 0 Å². The van der Waals surface area contributed by atoms with Crippen molar-refractivity contribution in [2.24, 2.45) is 0 Å². The predicted octanol–water partition coefficient (Wildman–Crippen LogP) is 1.55. The molecule has 0 radical (unpaired) electrons. The van der Waals surface area contributed by atoms with Crippen molar-refractivity contribution in [2.45, 2.75) is 12.5 Å². The highest BCUT2D eigenvalue weighted by Gasteiger charge is 2.31. The van der Waals surface area contributed by atoms with E-state index in [1.165, 1.54) is 19.5 Å². The topological polar surface area (TPSA) is 83.0 Å². The number of amides is 1. The number of hydrogen-bond acceptors (Lipinski definition) is 7. The highest BCUT2D eigenvalue weighted by atomic mass is 16.6. The van der Waals surface area contributed by atoms with Gasteiger partial charge in [-0.05, 0) is 12.1 Å². The number of aromatic nitrogens is 2. The molecule has 1 fully saturated rings. The van der Waals surface area contributed by atoms with Gasteiger partial charge < -0.3 is 23.8 Å². The highest BCUT2D eigenvalue weighted by Crippen LogP contribution is 2.34. The highest BCUT2D eigenvalue weighted by molar-refractivity contribution is 5.98. The number of ether oxygens (including phenoxy) is 4. The van der Waals surface area contributed by atoms with Crippen molar-refractivity contribution in [1.82, 2.24) is 14.9 Å². The molecule has 0 aliphatic carbocycles. The fourth-order valence-corrected chi connectivity index (χ4v) is 3.08. The van der Waals surface area contributed by atoms with Crippen LogP contribution in [0, 0.1) is 0 Å². The van der Waals surface area contributed by atoms with E-state index in [-0.39, 0.29) is 12.0 Å². The average Bonchev–Trinajstić information content (AvgIpc) is 3.15. The van der Waals surface area contributed by atoms with Gasteiger partial charge in [0.05, 0.1) is 31.6 Å². The van der Waals surface area contributed by atoms with Crippen LogP contribution in [0.3, 0.4) is 0 Å². The second-order valence-corrected chi connectivity index (χ2v) is 6.01. The number of rotatable bonds is 4. The number of hydrogen-bond donors (Lipinski definition) is 0. The van der Waals surface area contributed by atoms with E-state index in [0.717, 1.165) is 6.42 Å². The third kappa shape index (κ3) is 3.22. The first-order chi connectivity index (χ1) is 12.7. The van der Waals surface area contributed by atoms with E-state index in [2.05, 4.69) is 9.97 Å². The Morgan fingerprint density at radius 1 is 1.23 bits per heavy atom. The van der Waals surface area contributed by atoms with Gasteiger partial charge in [0.25, 0.3) is 5.91 Å². The summed E-state index contributed by atoms with van der Waals surface area (Å²) < 4.78 is 22.1. The summed E-state index contributed by atoms with van der Waals surface area (Å²) in [7, 11) is 1.52. The largest absolute Gasteiger partial charge is 0.486 e. The van der Waals surface area contributed by atoms with Gasteiger partial charge in [0, 0.05) is 13.0 Å². The maximum Gasteiger partial charge on any atom is 0.257 e. The van der Waals surface area contributed by atoms with Crippen molar-refractivity contribution in [1.29, 1.82) is 0 Å². The van der Waals surface area contributed by atoms with Gasteiger partial charge >= 0.3 is 0 Å². The van der Waals surface area contributed by atoms with Gasteiger partial charge in [-0.15, -0.1) is 0 Å². The van der Waals surface area contributed by atoms with Crippen LogP contribution in [0.5, 0.6) is 23.3 Å². The van der Waals surface area contributed by atoms with Gasteiger partial charge in [-0.2, -0.15) is 4.98 Å². The van der Waals surface area contributed by atoms with Crippen LogP contribution in [0.4, 0.5) is 0 Å². The summed E-state index contributed by atoms with van der Waals surface area (Å²) in [5.74, 6) is 1.82. The minimum Gasteiger partial charge on any atom is -0.486 e. The Morgan fingerprint density at radius 2 is 2.08 bits per heavy atom. The zero-order valence-electron chi connectivity index (χ0n) is 14.4. The first-order valence-electron chi connectivity index (χ1n) is 8.45. The summed E-state index contributed by atoms with van der Waals surface area (Å²) in [6.07, 6.45) is 3.62. The maximum atomic E-state index is 12.9. The van der Waals surface area contributed by atoms with Crippen LogP contribution in [0.2, 0.25) is 0 Å². The zero-order chi connectivity index (χ0) is 17.9. The SMILES string of the molecule is COc1cncc(OC2CCN(C(=O)c3cccc4c3OCCO4)C2)n1. The predicted molar refractivity (Wildman–Crippen MR) is 91.0 cm³/mol. The molecule has 8 nitrogen and oxygen atoms in total. The molecule has 26 heavy (non-hydrogen) atoms. The lowest BCUT2D eigenvalue weighted by atomic mass is 10.1. The fraction of sp³-hybridized carbons (Fsp3) is 0.389. The molecule has 1 unspecified atom stereocenters. The van der Waals surface area contributed by atoms with Gasteiger partial charge in [0.2, 0.25) is 11.8 Å². The number of benzene rings is 1. The quantitative estimate of drug-likeness (QED) is 0.821. The summed E-state index contributed by atoms with van der Waals surface area (Å²) >= 11 is 0. The molecule has 0 bridgehead atoms. The molecule has 1 amide bonds. The summed E-state index contributed by atoms with van der Waals surface area (Å²) in [6.45, 7) is 2.01. The van der Waals surface area contributed by atoms with Crippen LogP contribution >= 0.6 is 0 Å². The number of likely N-dealkylation sites (tertiary alicyclic amines) is 1. The Bertz CT molecular complexity index is 813. The lowest BCUT2D eigenvalue weighted by Crippen LogP contribution is -2.32. The van der Waals surface area contributed by atoms with Crippen molar-refractivity contribution in [3.05, 3.63) is 36.2 Å². The standard InChI is InChI=1S/C18H19N3O5/c1-23-15-9-19-10-16(20-15)26-12-5-6-21(11-12)18(22)13-3-2-4-14-17(13)25-8-7-24-14/h2-4,9-10,12H,5-8,11H2,1H3. The summed E-state index contributed by atoms with van der Waals surface area (Å²) in [5.41, 5.74) is 0.518. The van der Waals surface area contributed by atoms with Crippen molar-refractivity contribution < 1.29 is 23.7 Å². The van der Waals surface area contributed by atoms with E-state index in [1.54, 1.807) is 17.0 Å². The Labute approximate surface area is 150 Å². The maximum absolute atomic E-state index is 12.9. The Kier molecular flexibility index (Phi) is 4.47. The minimum absolute atomic E-state index is 0.0878. The second-order valence-electron chi connectivity index (χ2n) is 6.01. The molecule has 3 heterocycles. The van der Waals surface area contributed by atoms with E-state index in [4.69, 9.17) is 18.9 Å². The van der Waals surface area contributed by atoms with E-state index in [1.807, 2.05) is 6.07 Å². The van der Waals surface area contributed by atoms with Gasteiger partial charge in [0.1, 0.15) is 19.3 Å². The number of fused-ring (bicyclic) bond motifs is 1. The van der Waals surface area contributed by atoms with Crippen LogP contribution in [0.1, 0.15) is 16.8 Å². The van der Waals surface area contributed by atoms with Crippen molar-refractivity contribution >= 4 is 5.91 Å². The van der Waals surface area contributed by atoms with Crippen molar-refractivity contribution in [3.8, 4) is 23.3 Å². The molecular formula is C18H19N3O5. The van der Waals surface area contributed by atoms with Gasteiger partial charge in [-0.25, -0.2) is 0 Å². The number of methoxy groups -OCH3 is 1. The number of carbonyl (C=O) groups is 1. The van der Waals surface area contributed by atoms with Crippen molar-refractivity contribution in [2.75, 3.05) is 33.4 Å². The first kappa shape index (κ1) is 16.4. The van der Waals surface area contributed by atoms with Crippen molar-refractivity contribution in [3.63, 3.8) is 0 Å². The molecular weight excluding hydrogens is 338 g/mol. The summed E-state index contributed by atoms with van der Waals surface area (Å²) in [4.78, 5) is 22.9. The smallest absolute Gasteiger partial charge is 0.257 e. The molecule has 1 saturated heterocycles. The van der Waals surface area contributed by atoms with Gasteiger partial charge in [0.15, 0.2) is 11.5 Å². The number of para-hydroxylation sites is 1. The monoisotopic (exact) mass is 357 g/mol. The molecule has 0 spiro atoms. The number of carbonyl (C=O) groups excluding carboxylic acids is 1. The third-order valence-electron chi connectivity index (χ3n) is 4.32. The molecule has 136 valence electrons. The van der Waals surface area contributed by atoms with Gasteiger partial charge in [-0.1, -0.05) is 6.07 Å². The molecule has 0 N–H and O–H groups in total. The molecule has 8 heteroatoms. The lowest BCUT2D eigenvalue weighted by molar-refractivity contribution is 0.0760. The minimum atomic E-state index is -0.142. The van der Waals surface area contributed by atoms with E-state index in [9.17, 15) is 4.79 Å². The van der Waals surface area contributed by atoms with Gasteiger partial charge in [-0.3, -0.25) is 9.78 Å². The number of nitrogens with zero attached hydrogens (tertiary/aromatic N) is 3. The normalized spacial score (nSPS) is 18.5. The van der Waals surface area contributed by atoms with E-state index in [0.29, 0.717) is 55.1 Å². The van der Waals surface area contributed by atoms with Crippen LogP contribution in [-0.2, 0) is 0 Å². The molecule has 1 aromatic heterocycles. The van der Waals surface area contributed by atoms with Crippen LogP contribution < -0.4 is 18.9 Å². The Hall–Kier alpha value is -3.03. The Morgan fingerprint density at radius 3 is 2.96 bits per heavy atom. The van der Waals surface area contributed by atoms with E-state index >= 15 is 0 Å². The third-order valence-corrected chi connectivity index (χ3v) is 4.32. The molecule has 2 aliphatic heterocycles. The Balaban J connectivity index is 1.44. The molecule has 2 aliphatic rings. The van der Waals surface area contributed by atoms with Crippen LogP contribution in [0.15, 0.2) is 30.6 Å². The van der Waals surface area contributed by atoms with E-state index < -0.39 is 0 Å². The first-order valence-corrected chi connectivity index (χ1v) is 8.45. The molecule has 4 rings (SSSR count).